The molecular formula is C11H11NO2. The summed E-state index contributed by atoms with van der Waals surface area (Å²) in [6.07, 6.45) is 0.131. The summed E-state index contributed by atoms with van der Waals surface area (Å²) in [4.78, 5) is 15.0. The molecule has 1 aromatic rings. The Morgan fingerprint density at radius 1 is 1.50 bits per heavy atom. The number of hydrogen-bond acceptors (Lipinski definition) is 2. The largest absolute Gasteiger partial charge is 0.481 e. The summed E-state index contributed by atoms with van der Waals surface area (Å²) in [5.74, 6) is -0.815. The van der Waals surface area contributed by atoms with Crippen LogP contribution in [0.5, 0.6) is 0 Å². The topological polar surface area (TPSA) is 49.7 Å². The van der Waals surface area contributed by atoms with Gasteiger partial charge in [-0.05, 0) is 18.6 Å². The summed E-state index contributed by atoms with van der Waals surface area (Å²) in [6, 6.07) is 7.70. The number of benzene rings is 1. The zero-order valence-electron chi connectivity index (χ0n) is 7.90. The molecule has 1 N–H and O–H groups in total. The maximum Gasteiger partial charge on any atom is 0.304 e. The van der Waals surface area contributed by atoms with Crippen molar-refractivity contribution in [3.63, 3.8) is 0 Å². The average Bonchev–Trinajstić information content (AvgIpc) is 2.43. The molecule has 14 heavy (non-hydrogen) atoms. The maximum absolute atomic E-state index is 10.7. The van der Waals surface area contributed by atoms with Gasteiger partial charge >= 0.3 is 5.97 Å². The molecule has 0 aliphatic carbocycles. The van der Waals surface area contributed by atoms with Crippen LogP contribution >= 0.6 is 0 Å². The quantitative estimate of drug-likeness (QED) is 0.776. The van der Waals surface area contributed by atoms with Gasteiger partial charge in [0.05, 0.1) is 12.1 Å². The molecule has 2 rings (SSSR count). The summed E-state index contributed by atoms with van der Waals surface area (Å²) >= 11 is 0. The lowest BCUT2D eigenvalue weighted by Gasteiger charge is -2.08. The van der Waals surface area contributed by atoms with E-state index >= 15 is 0 Å². The number of carboxylic acids is 1. The van der Waals surface area contributed by atoms with Gasteiger partial charge in [0.2, 0.25) is 0 Å². The Labute approximate surface area is 82.1 Å². The number of nitrogens with zero attached hydrogens (tertiary/aromatic N) is 1. The van der Waals surface area contributed by atoms with Crippen LogP contribution in [-0.4, -0.2) is 16.8 Å². The third-order valence-corrected chi connectivity index (χ3v) is 2.49. The average molecular weight is 189 g/mol. The lowest BCUT2D eigenvalue weighted by molar-refractivity contribution is -0.137. The van der Waals surface area contributed by atoms with Crippen LogP contribution in [-0.2, 0) is 4.79 Å². The van der Waals surface area contributed by atoms with Gasteiger partial charge in [-0.25, -0.2) is 0 Å². The number of rotatable bonds is 2. The molecule has 72 valence electrons. The number of carbonyl (C=O) groups is 1. The molecule has 3 heteroatoms. The summed E-state index contributed by atoms with van der Waals surface area (Å²) in [5, 5.41) is 8.76. The Bertz CT molecular complexity index is 410. The second-order valence-corrected chi connectivity index (χ2v) is 3.46. The van der Waals surface area contributed by atoms with Gasteiger partial charge < -0.3 is 5.11 Å². The van der Waals surface area contributed by atoms with E-state index in [2.05, 4.69) is 4.99 Å². The Morgan fingerprint density at radius 3 is 2.93 bits per heavy atom. The molecule has 0 radical (unpaired) electrons. The first-order chi connectivity index (χ1) is 6.68. The van der Waals surface area contributed by atoms with Crippen LogP contribution in [0, 0.1) is 0 Å². The summed E-state index contributed by atoms with van der Waals surface area (Å²) < 4.78 is 0. The van der Waals surface area contributed by atoms with E-state index in [0.29, 0.717) is 0 Å². The maximum atomic E-state index is 10.7. The molecule has 0 saturated carbocycles. The molecule has 0 amide bonds. The molecule has 0 saturated heterocycles. The Kier molecular flexibility index (Phi) is 2.08. The standard InChI is InChI=1S/C11H11NO2/c1-7-9(6-11(13)14)8-4-2-3-5-10(8)12-7/h2-5,9H,6H2,1H3,(H,13,14). The second kappa shape index (κ2) is 3.25. The molecule has 0 fully saturated rings. The van der Waals surface area contributed by atoms with Gasteiger partial charge in [-0.1, -0.05) is 18.2 Å². The van der Waals surface area contributed by atoms with E-state index < -0.39 is 5.97 Å². The Morgan fingerprint density at radius 2 is 2.21 bits per heavy atom. The molecule has 1 aromatic carbocycles. The lowest BCUT2D eigenvalue weighted by Crippen LogP contribution is -2.10. The van der Waals surface area contributed by atoms with Crippen molar-refractivity contribution >= 4 is 17.4 Å². The first-order valence-electron chi connectivity index (χ1n) is 4.54. The summed E-state index contributed by atoms with van der Waals surface area (Å²) in [7, 11) is 0. The van der Waals surface area contributed by atoms with Gasteiger partial charge in [0, 0.05) is 11.6 Å². The van der Waals surface area contributed by atoms with Gasteiger partial charge in [-0.2, -0.15) is 0 Å². The molecule has 1 aliphatic rings. The number of aliphatic imine (C=N–C) groups is 1. The lowest BCUT2D eigenvalue weighted by atomic mass is 9.93. The monoisotopic (exact) mass is 189 g/mol. The zero-order chi connectivity index (χ0) is 10.1. The molecule has 1 unspecified atom stereocenters. The van der Waals surface area contributed by atoms with E-state index in [1.54, 1.807) is 0 Å². The molecule has 0 bridgehead atoms. The molecule has 0 aromatic heterocycles. The predicted molar refractivity (Wildman–Crippen MR) is 54.2 cm³/mol. The van der Waals surface area contributed by atoms with Crippen molar-refractivity contribution in [1.29, 1.82) is 0 Å². The molecule has 1 heterocycles. The predicted octanol–water partition coefficient (Wildman–Crippen LogP) is 2.35. The summed E-state index contributed by atoms with van der Waals surface area (Å²) in [6.45, 7) is 1.88. The van der Waals surface area contributed by atoms with Crippen LogP contribution in [0.15, 0.2) is 29.3 Å². The van der Waals surface area contributed by atoms with Crippen molar-refractivity contribution in [2.24, 2.45) is 4.99 Å². The second-order valence-electron chi connectivity index (χ2n) is 3.46. The fourth-order valence-corrected chi connectivity index (χ4v) is 1.81. The van der Waals surface area contributed by atoms with E-state index in [4.69, 9.17) is 5.11 Å². The summed E-state index contributed by atoms with van der Waals surface area (Å²) in [5.41, 5.74) is 2.84. The number of aliphatic carboxylic acids is 1. The number of para-hydroxylation sites is 1. The minimum absolute atomic E-state index is 0.0382. The van der Waals surface area contributed by atoms with E-state index in [1.807, 2.05) is 31.2 Å². The van der Waals surface area contributed by atoms with Crippen molar-refractivity contribution in [2.75, 3.05) is 0 Å². The first-order valence-corrected chi connectivity index (χ1v) is 4.54. The molecule has 0 spiro atoms. The third kappa shape index (κ3) is 1.41. The Hall–Kier alpha value is -1.64. The first kappa shape index (κ1) is 8.94. The van der Waals surface area contributed by atoms with E-state index in [-0.39, 0.29) is 12.3 Å². The smallest absolute Gasteiger partial charge is 0.304 e. The van der Waals surface area contributed by atoms with Gasteiger partial charge in [0.15, 0.2) is 0 Å². The van der Waals surface area contributed by atoms with E-state index in [1.165, 1.54) is 0 Å². The fraction of sp³-hybridized carbons (Fsp3) is 0.273. The highest BCUT2D eigenvalue weighted by atomic mass is 16.4. The van der Waals surface area contributed by atoms with Crippen molar-refractivity contribution in [2.45, 2.75) is 19.3 Å². The molecule has 1 atom stereocenters. The van der Waals surface area contributed by atoms with Crippen LogP contribution in [0.4, 0.5) is 5.69 Å². The van der Waals surface area contributed by atoms with Gasteiger partial charge in [0.1, 0.15) is 0 Å². The van der Waals surface area contributed by atoms with Crippen molar-refractivity contribution in [3.8, 4) is 0 Å². The normalized spacial score (nSPS) is 18.9. The van der Waals surface area contributed by atoms with Crippen molar-refractivity contribution in [1.82, 2.24) is 0 Å². The van der Waals surface area contributed by atoms with Crippen molar-refractivity contribution in [3.05, 3.63) is 29.8 Å². The number of fused-ring (bicyclic) bond motifs is 1. The minimum Gasteiger partial charge on any atom is -0.481 e. The van der Waals surface area contributed by atoms with Gasteiger partial charge in [-0.15, -0.1) is 0 Å². The van der Waals surface area contributed by atoms with Crippen LogP contribution in [0.3, 0.4) is 0 Å². The Balaban J connectivity index is 2.36. The zero-order valence-corrected chi connectivity index (χ0v) is 7.90. The highest BCUT2D eigenvalue weighted by molar-refractivity contribution is 5.98. The number of carboxylic acid groups (broad SMARTS) is 1. The van der Waals surface area contributed by atoms with Crippen LogP contribution in [0.25, 0.3) is 0 Å². The molecule has 1 aliphatic heterocycles. The number of hydrogen-bond donors (Lipinski definition) is 1. The van der Waals surface area contributed by atoms with Crippen LogP contribution in [0.1, 0.15) is 24.8 Å². The van der Waals surface area contributed by atoms with Gasteiger partial charge in [0.25, 0.3) is 0 Å². The highest BCUT2D eigenvalue weighted by Gasteiger charge is 2.25. The SMILES string of the molecule is CC1=Nc2ccccc2C1CC(=O)O. The third-order valence-electron chi connectivity index (χ3n) is 2.49. The van der Waals surface area contributed by atoms with Crippen LogP contribution in [0.2, 0.25) is 0 Å². The fourth-order valence-electron chi connectivity index (χ4n) is 1.81. The van der Waals surface area contributed by atoms with E-state index in [9.17, 15) is 4.79 Å². The van der Waals surface area contributed by atoms with Crippen molar-refractivity contribution < 1.29 is 9.90 Å². The molecular weight excluding hydrogens is 178 g/mol. The van der Waals surface area contributed by atoms with Gasteiger partial charge in [-0.3, -0.25) is 9.79 Å². The highest BCUT2D eigenvalue weighted by Crippen LogP contribution is 2.36. The van der Waals surface area contributed by atoms with E-state index in [0.717, 1.165) is 17.0 Å². The molecule has 3 nitrogen and oxygen atoms in total. The minimum atomic E-state index is -0.777. The van der Waals surface area contributed by atoms with Crippen LogP contribution < -0.4 is 0 Å².